The van der Waals surface area contributed by atoms with Crippen molar-refractivity contribution in [2.75, 3.05) is 6.67 Å². The summed E-state index contributed by atoms with van der Waals surface area (Å²) in [6.45, 7) is 1.04. The summed E-state index contributed by atoms with van der Waals surface area (Å²) >= 11 is 5.70. The van der Waals surface area contributed by atoms with Gasteiger partial charge < -0.3 is 10.8 Å². The van der Waals surface area contributed by atoms with Crippen LogP contribution in [0.25, 0.3) is 0 Å². The number of hydrogen-bond donors (Lipinski definition) is 2. The van der Waals surface area contributed by atoms with Gasteiger partial charge in [-0.25, -0.2) is 4.39 Å². The van der Waals surface area contributed by atoms with E-state index in [0.717, 1.165) is 5.56 Å². The zero-order valence-corrected chi connectivity index (χ0v) is 8.68. The van der Waals surface area contributed by atoms with Gasteiger partial charge >= 0.3 is 0 Å². The third kappa shape index (κ3) is 2.86. The lowest BCUT2D eigenvalue weighted by Crippen LogP contribution is -2.40. The Hall–Kier alpha value is -0.800. The summed E-state index contributed by atoms with van der Waals surface area (Å²) in [4.78, 5) is 0. The van der Waals surface area contributed by atoms with Gasteiger partial charge in [-0.2, -0.15) is 0 Å². The summed E-state index contributed by atoms with van der Waals surface area (Å²) < 4.78 is 12.4. The molecule has 0 amide bonds. The van der Waals surface area contributed by atoms with E-state index in [2.05, 4.69) is 0 Å². The molecule has 1 rings (SSSR count). The maximum atomic E-state index is 12.4. The van der Waals surface area contributed by atoms with Gasteiger partial charge in [0.05, 0.1) is 5.02 Å². The van der Waals surface area contributed by atoms with Crippen LogP contribution in [0.5, 0.6) is 5.75 Å². The maximum Gasteiger partial charge on any atom is 0.134 e. The number of nitrogens with two attached hydrogens (primary N) is 1. The van der Waals surface area contributed by atoms with Gasteiger partial charge in [-0.15, -0.1) is 0 Å². The summed E-state index contributed by atoms with van der Waals surface area (Å²) in [6.07, 6.45) is 0.392. The Morgan fingerprint density at radius 1 is 1.57 bits per heavy atom. The molecule has 1 atom stereocenters. The highest BCUT2D eigenvalue weighted by atomic mass is 35.5. The highest BCUT2D eigenvalue weighted by molar-refractivity contribution is 6.32. The van der Waals surface area contributed by atoms with Gasteiger partial charge in [0.25, 0.3) is 0 Å². The van der Waals surface area contributed by atoms with E-state index in [1.54, 1.807) is 19.1 Å². The zero-order valence-electron chi connectivity index (χ0n) is 7.93. The molecule has 3 N–H and O–H groups in total. The van der Waals surface area contributed by atoms with Crippen molar-refractivity contribution >= 4 is 11.6 Å². The van der Waals surface area contributed by atoms with Gasteiger partial charge in [-0.3, -0.25) is 0 Å². The van der Waals surface area contributed by atoms with Crippen molar-refractivity contribution in [2.24, 2.45) is 5.73 Å². The molecule has 0 bridgehead atoms. The van der Waals surface area contributed by atoms with Crippen LogP contribution in [0, 0.1) is 0 Å². The van der Waals surface area contributed by atoms with E-state index < -0.39 is 12.2 Å². The van der Waals surface area contributed by atoms with Crippen LogP contribution in [-0.2, 0) is 6.42 Å². The van der Waals surface area contributed by atoms with Crippen molar-refractivity contribution in [3.63, 3.8) is 0 Å². The Morgan fingerprint density at radius 2 is 2.21 bits per heavy atom. The van der Waals surface area contributed by atoms with Gasteiger partial charge in [0, 0.05) is 5.54 Å². The van der Waals surface area contributed by atoms with Crippen LogP contribution in [0.4, 0.5) is 4.39 Å². The van der Waals surface area contributed by atoms with E-state index in [4.69, 9.17) is 22.4 Å². The first-order valence-electron chi connectivity index (χ1n) is 4.27. The average molecular weight is 218 g/mol. The Bertz CT molecular complexity index is 328. The molecule has 0 saturated carbocycles. The van der Waals surface area contributed by atoms with Crippen LogP contribution < -0.4 is 5.73 Å². The Morgan fingerprint density at radius 3 is 2.71 bits per heavy atom. The summed E-state index contributed by atoms with van der Waals surface area (Å²) in [5.74, 6) is 0.0226. The van der Waals surface area contributed by atoms with Gasteiger partial charge in [-0.1, -0.05) is 17.7 Å². The second-order valence-electron chi connectivity index (χ2n) is 3.75. The minimum atomic E-state index is -0.875. The number of benzene rings is 1. The van der Waals surface area contributed by atoms with Crippen LogP contribution in [-0.4, -0.2) is 17.3 Å². The molecule has 0 fully saturated rings. The van der Waals surface area contributed by atoms with Crippen molar-refractivity contribution in [1.82, 2.24) is 0 Å². The minimum absolute atomic E-state index is 0.0226. The van der Waals surface area contributed by atoms with Crippen LogP contribution in [0.15, 0.2) is 18.2 Å². The largest absolute Gasteiger partial charge is 0.506 e. The average Bonchev–Trinajstić information content (AvgIpc) is 2.11. The normalized spacial score (nSPS) is 15.1. The third-order valence-electron chi connectivity index (χ3n) is 1.93. The number of halogens is 2. The molecule has 1 unspecified atom stereocenters. The third-order valence-corrected chi connectivity index (χ3v) is 2.23. The van der Waals surface area contributed by atoms with Crippen molar-refractivity contribution in [2.45, 2.75) is 18.9 Å². The van der Waals surface area contributed by atoms with Gasteiger partial charge in [0.15, 0.2) is 0 Å². The molecule has 0 heterocycles. The van der Waals surface area contributed by atoms with E-state index in [9.17, 15) is 4.39 Å². The molecule has 1 aromatic rings. The second kappa shape index (κ2) is 4.15. The Labute approximate surface area is 87.5 Å². The van der Waals surface area contributed by atoms with Gasteiger partial charge in [0.1, 0.15) is 12.4 Å². The number of phenols is 1. The minimum Gasteiger partial charge on any atom is -0.506 e. The first kappa shape index (κ1) is 11.3. The van der Waals surface area contributed by atoms with Crippen molar-refractivity contribution < 1.29 is 9.50 Å². The molecule has 0 aliphatic rings. The number of rotatable bonds is 3. The van der Waals surface area contributed by atoms with Crippen LogP contribution in [0.1, 0.15) is 12.5 Å². The highest BCUT2D eigenvalue weighted by Crippen LogP contribution is 2.25. The Balaban J connectivity index is 2.83. The first-order valence-corrected chi connectivity index (χ1v) is 4.65. The quantitative estimate of drug-likeness (QED) is 0.816. The molecule has 0 aliphatic carbocycles. The van der Waals surface area contributed by atoms with E-state index in [0.29, 0.717) is 6.42 Å². The number of hydrogen-bond acceptors (Lipinski definition) is 2. The topological polar surface area (TPSA) is 46.2 Å². The molecular formula is C10H13ClFNO. The smallest absolute Gasteiger partial charge is 0.134 e. The van der Waals surface area contributed by atoms with Crippen molar-refractivity contribution in [3.05, 3.63) is 28.8 Å². The van der Waals surface area contributed by atoms with Crippen LogP contribution >= 0.6 is 11.6 Å². The maximum absolute atomic E-state index is 12.4. The molecule has 4 heteroatoms. The lowest BCUT2D eigenvalue weighted by Gasteiger charge is -2.20. The first-order chi connectivity index (χ1) is 6.44. The van der Waals surface area contributed by atoms with E-state index in [1.807, 2.05) is 0 Å². The monoisotopic (exact) mass is 217 g/mol. The molecule has 0 radical (unpaired) electrons. The summed E-state index contributed by atoms with van der Waals surface area (Å²) in [6, 6.07) is 4.76. The summed E-state index contributed by atoms with van der Waals surface area (Å²) in [5, 5.41) is 9.42. The number of aromatic hydroxyl groups is 1. The Kier molecular flexibility index (Phi) is 3.34. The van der Waals surface area contributed by atoms with Crippen LogP contribution in [0.2, 0.25) is 5.02 Å². The number of phenolic OH excluding ortho intramolecular Hbond substituents is 1. The molecule has 14 heavy (non-hydrogen) atoms. The fourth-order valence-electron chi connectivity index (χ4n) is 1.17. The van der Waals surface area contributed by atoms with Crippen molar-refractivity contribution in [1.29, 1.82) is 0 Å². The lowest BCUT2D eigenvalue weighted by atomic mass is 9.95. The lowest BCUT2D eigenvalue weighted by molar-refractivity contribution is 0.327. The predicted octanol–water partition coefficient (Wildman–Crippen LogP) is 2.28. The van der Waals surface area contributed by atoms with E-state index >= 15 is 0 Å². The zero-order chi connectivity index (χ0) is 10.8. The standard InChI is InChI=1S/C10H13ClFNO/c1-10(13,6-12)5-7-2-3-9(14)8(11)4-7/h2-4,14H,5-6,13H2,1H3. The summed E-state index contributed by atoms with van der Waals surface area (Å²) in [5.41, 5.74) is 5.60. The molecule has 2 nitrogen and oxygen atoms in total. The molecule has 0 spiro atoms. The second-order valence-corrected chi connectivity index (χ2v) is 4.16. The molecule has 78 valence electrons. The highest BCUT2D eigenvalue weighted by Gasteiger charge is 2.18. The molecule has 0 aliphatic heterocycles. The molecule has 0 aromatic heterocycles. The summed E-state index contributed by atoms with van der Waals surface area (Å²) in [7, 11) is 0. The van der Waals surface area contributed by atoms with E-state index in [1.165, 1.54) is 6.07 Å². The SMILES string of the molecule is CC(N)(CF)Cc1ccc(O)c(Cl)c1. The predicted molar refractivity (Wildman–Crippen MR) is 55.4 cm³/mol. The van der Waals surface area contributed by atoms with Gasteiger partial charge in [0.2, 0.25) is 0 Å². The van der Waals surface area contributed by atoms with Crippen LogP contribution in [0.3, 0.4) is 0 Å². The molecule has 0 saturated heterocycles. The molecular weight excluding hydrogens is 205 g/mol. The van der Waals surface area contributed by atoms with E-state index in [-0.39, 0.29) is 10.8 Å². The fourth-order valence-corrected chi connectivity index (χ4v) is 1.38. The molecule has 1 aromatic carbocycles. The van der Waals surface area contributed by atoms with Crippen molar-refractivity contribution in [3.8, 4) is 5.75 Å². The number of alkyl halides is 1. The van der Waals surface area contributed by atoms with Gasteiger partial charge in [-0.05, 0) is 31.0 Å². The fraction of sp³-hybridized carbons (Fsp3) is 0.400.